The highest BCUT2D eigenvalue weighted by atomic mass is 16.6. The molecule has 0 radical (unpaired) electrons. The summed E-state index contributed by atoms with van der Waals surface area (Å²) in [6.07, 6.45) is 0.0768. The van der Waals surface area contributed by atoms with Crippen molar-refractivity contribution < 1.29 is 9.84 Å². The van der Waals surface area contributed by atoms with Crippen LogP contribution in [0.5, 0.6) is 0 Å². The summed E-state index contributed by atoms with van der Waals surface area (Å²) in [7, 11) is 3.95. The minimum atomic E-state index is -0.583. The van der Waals surface area contributed by atoms with E-state index in [9.17, 15) is 0 Å². The number of ether oxygens (including phenoxy) is 1. The lowest BCUT2D eigenvalue weighted by atomic mass is 10.5. The third kappa shape index (κ3) is 6.01. The lowest BCUT2D eigenvalue weighted by Crippen LogP contribution is -2.21. The maximum atomic E-state index is 8.93. The molecule has 62 valence electrons. The van der Waals surface area contributed by atoms with Crippen molar-refractivity contribution >= 4 is 0 Å². The average Bonchev–Trinajstić information content (AvgIpc) is 1.87. The fraction of sp³-hybridized carbons (Fsp3) is 1.00. The van der Waals surface area contributed by atoms with Gasteiger partial charge in [-0.1, -0.05) is 6.92 Å². The van der Waals surface area contributed by atoms with Gasteiger partial charge in [-0.3, -0.25) is 0 Å². The minimum Gasteiger partial charge on any atom is -0.368 e. The van der Waals surface area contributed by atoms with Gasteiger partial charge in [-0.2, -0.15) is 0 Å². The Hall–Kier alpha value is -0.120. The number of aliphatic hydroxyl groups excluding tert-OH is 1. The smallest absolute Gasteiger partial charge is 0.154 e. The van der Waals surface area contributed by atoms with E-state index in [4.69, 9.17) is 9.84 Å². The number of aliphatic hydroxyl groups is 1. The third-order valence-corrected chi connectivity index (χ3v) is 1.20. The van der Waals surface area contributed by atoms with Crippen LogP contribution in [0.1, 0.15) is 13.3 Å². The van der Waals surface area contributed by atoms with Gasteiger partial charge in [0.2, 0.25) is 0 Å². The highest BCUT2D eigenvalue weighted by molar-refractivity contribution is 4.41. The van der Waals surface area contributed by atoms with Gasteiger partial charge in [0.15, 0.2) is 6.29 Å². The van der Waals surface area contributed by atoms with Crippen LogP contribution in [-0.4, -0.2) is 43.5 Å². The second-order valence-electron chi connectivity index (χ2n) is 2.54. The molecule has 0 aliphatic carbocycles. The highest BCUT2D eigenvalue weighted by Crippen LogP contribution is 1.91. The molecule has 1 N–H and O–H groups in total. The zero-order chi connectivity index (χ0) is 7.98. The van der Waals surface area contributed by atoms with E-state index in [1.54, 1.807) is 0 Å². The van der Waals surface area contributed by atoms with E-state index in [0.29, 0.717) is 13.0 Å². The van der Waals surface area contributed by atoms with Crippen LogP contribution in [0.15, 0.2) is 0 Å². The van der Waals surface area contributed by atoms with E-state index in [1.165, 1.54) is 0 Å². The summed E-state index contributed by atoms with van der Waals surface area (Å²) >= 11 is 0. The number of rotatable bonds is 5. The van der Waals surface area contributed by atoms with Crippen LogP contribution in [0.2, 0.25) is 0 Å². The van der Waals surface area contributed by atoms with Crippen LogP contribution >= 0.6 is 0 Å². The summed E-state index contributed by atoms with van der Waals surface area (Å²) in [6, 6.07) is 0. The van der Waals surface area contributed by atoms with E-state index >= 15 is 0 Å². The Bertz CT molecular complexity index is 76.0. The summed E-state index contributed by atoms with van der Waals surface area (Å²) in [4.78, 5) is 2.02. The maximum absolute atomic E-state index is 8.93. The largest absolute Gasteiger partial charge is 0.368 e. The van der Waals surface area contributed by atoms with Gasteiger partial charge in [0.25, 0.3) is 0 Å². The normalized spacial score (nSPS) is 14.1. The van der Waals surface area contributed by atoms with Crippen molar-refractivity contribution in [1.82, 2.24) is 4.90 Å². The predicted molar refractivity (Wildman–Crippen MR) is 40.8 cm³/mol. The molecule has 0 saturated carbocycles. The van der Waals surface area contributed by atoms with E-state index in [1.807, 2.05) is 25.9 Å². The molecule has 0 rings (SSSR count). The van der Waals surface area contributed by atoms with Gasteiger partial charge in [-0.25, -0.2) is 0 Å². The van der Waals surface area contributed by atoms with Crippen molar-refractivity contribution in [3.05, 3.63) is 0 Å². The SMILES string of the molecule is CCC(O)OCCN(C)C. The predicted octanol–water partition coefficient (Wildman–Crippen LogP) is 0.293. The zero-order valence-corrected chi connectivity index (χ0v) is 7.00. The second kappa shape index (κ2) is 5.65. The molecular weight excluding hydrogens is 130 g/mol. The molecule has 1 unspecified atom stereocenters. The summed E-state index contributed by atoms with van der Waals surface area (Å²) < 4.78 is 5.02. The Labute approximate surface area is 62.6 Å². The Morgan fingerprint density at radius 1 is 1.50 bits per heavy atom. The molecule has 0 fully saturated rings. The van der Waals surface area contributed by atoms with Gasteiger partial charge in [-0.15, -0.1) is 0 Å². The van der Waals surface area contributed by atoms with Crippen LogP contribution < -0.4 is 0 Å². The van der Waals surface area contributed by atoms with Crippen LogP contribution in [0, 0.1) is 0 Å². The number of hydrogen-bond donors (Lipinski definition) is 1. The fourth-order valence-corrected chi connectivity index (χ4v) is 0.489. The van der Waals surface area contributed by atoms with Gasteiger partial charge in [0.1, 0.15) is 0 Å². The number of hydrogen-bond acceptors (Lipinski definition) is 3. The molecular formula is C7H17NO2. The van der Waals surface area contributed by atoms with E-state index in [-0.39, 0.29) is 0 Å². The van der Waals surface area contributed by atoms with Crippen molar-refractivity contribution in [2.45, 2.75) is 19.6 Å². The third-order valence-electron chi connectivity index (χ3n) is 1.20. The van der Waals surface area contributed by atoms with Crippen molar-refractivity contribution in [2.75, 3.05) is 27.2 Å². The van der Waals surface area contributed by atoms with Crippen LogP contribution in [0.3, 0.4) is 0 Å². The van der Waals surface area contributed by atoms with Crippen LogP contribution in [0.4, 0.5) is 0 Å². The van der Waals surface area contributed by atoms with Crippen LogP contribution in [-0.2, 0) is 4.74 Å². The number of nitrogens with zero attached hydrogens (tertiary/aromatic N) is 1. The van der Waals surface area contributed by atoms with E-state index in [0.717, 1.165) is 6.54 Å². The summed E-state index contributed by atoms with van der Waals surface area (Å²) in [5, 5.41) is 8.93. The average molecular weight is 147 g/mol. The molecule has 0 heterocycles. The molecule has 0 aromatic carbocycles. The summed E-state index contributed by atoms with van der Waals surface area (Å²) in [5.41, 5.74) is 0. The molecule has 10 heavy (non-hydrogen) atoms. The number of likely N-dealkylation sites (N-methyl/N-ethyl adjacent to an activating group) is 1. The standard InChI is InChI=1S/C7H17NO2/c1-4-7(9)10-6-5-8(2)3/h7,9H,4-6H2,1-3H3. The van der Waals surface area contributed by atoms with Gasteiger partial charge in [0.05, 0.1) is 6.61 Å². The summed E-state index contributed by atoms with van der Waals surface area (Å²) in [5.74, 6) is 0. The Morgan fingerprint density at radius 3 is 2.50 bits per heavy atom. The van der Waals surface area contributed by atoms with Crippen molar-refractivity contribution in [3.8, 4) is 0 Å². The minimum absolute atomic E-state index is 0.583. The Morgan fingerprint density at radius 2 is 2.10 bits per heavy atom. The molecule has 0 bridgehead atoms. The first-order valence-corrected chi connectivity index (χ1v) is 3.61. The molecule has 0 aromatic heterocycles. The molecule has 0 aliphatic rings. The van der Waals surface area contributed by atoms with Crippen molar-refractivity contribution in [3.63, 3.8) is 0 Å². The van der Waals surface area contributed by atoms with Crippen molar-refractivity contribution in [2.24, 2.45) is 0 Å². The molecule has 0 aliphatic heterocycles. The van der Waals surface area contributed by atoms with E-state index in [2.05, 4.69) is 0 Å². The first kappa shape index (κ1) is 9.88. The van der Waals surface area contributed by atoms with Gasteiger partial charge >= 0.3 is 0 Å². The molecule has 0 spiro atoms. The first-order valence-electron chi connectivity index (χ1n) is 3.61. The van der Waals surface area contributed by atoms with E-state index < -0.39 is 6.29 Å². The molecule has 0 aromatic rings. The van der Waals surface area contributed by atoms with Gasteiger partial charge in [0, 0.05) is 6.54 Å². The molecule has 1 atom stereocenters. The fourth-order valence-electron chi connectivity index (χ4n) is 0.489. The Balaban J connectivity index is 3.03. The van der Waals surface area contributed by atoms with Crippen LogP contribution in [0.25, 0.3) is 0 Å². The molecule has 3 heteroatoms. The monoisotopic (exact) mass is 147 g/mol. The zero-order valence-electron chi connectivity index (χ0n) is 7.00. The first-order chi connectivity index (χ1) is 4.66. The molecule has 3 nitrogen and oxygen atoms in total. The quantitative estimate of drug-likeness (QED) is 0.567. The molecule has 0 saturated heterocycles. The highest BCUT2D eigenvalue weighted by Gasteiger charge is 1.98. The second-order valence-corrected chi connectivity index (χ2v) is 2.54. The molecule has 0 amide bonds. The lowest BCUT2D eigenvalue weighted by Gasteiger charge is -2.12. The van der Waals surface area contributed by atoms with Crippen molar-refractivity contribution in [1.29, 1.82) is 0 Å². The Kier molecular flexibility index (Phi) is 5.58. The lowest BCUT2D eigenvalue weighted by molar-refractivity contribution is -0.102. The summed E-state index contributed by atoms with van der Waals surface area (Å²) in [6.45, 7) is 3.35. The maximum Gasteiger partial charge on any atom is 0.154 e. The topological polar surface area (TPSA) is 32.7 Å². The van der Waals surface area contributed by atoms with Gasteiger partial charge in [-0.05, 0) is 20.5 Å². The van der Waals surface area contributed by atoms with Gasteiger partial charge < -0.3 is 14.7 Å².